The quantitative estimate of drug-likeness (QED) is 0.865. The maximum atomic E-state index is 9.53. The molecule has 0 aliphatic heterocycles. The van der Waals surface area contributed by atoms with Gasteiger partial charge in [0.15, 0.2) is 0 Å². The van der Waals surface area contributed by atoms with Crippen molar-refractivity contribution in [2.45, 2.75) is 51.5 Å². The Morgan fingerprint density at radius 1 is 1.21 bits per heavy atom. The van der Waals surface area contributed by atoms with E-state index in [1.807, 2.05) is 12.1 Å². The first-order valence-corrected chi connectivity index (χ1v) is 7.79. The average molecular weight is 259 g/mol. The summed E-state index contributed by atoms with van der Waals surface area (Å²) in [6, 6.07) is 6.35. The summed E-state index contributed by atoms with van der Waals surface area (Å²) in [5, 5.41) is 13.3. The van der Waals surface area contributed by atoms with Gasteiger partial charge in [0, 0.05) is 6.04 Å². The Balaban J connectivity index is 1.60. The van der Waals surface area contributed by atoms with Gasteiger partial charge in [-0.2, -0.15) is 0 Å². The maximum absolute atomic E-state index is 9.53. The van der Waals surface area contributed by atoms with Crippen molar-refractivity contribution in [1.29, 1.82) is 0 Å². The van der Waals surface area contributed by atoms with Crippen LogP contribution in [0.1, 0.15) is 56.2 Å². The molecule has 1 aromatic carbocycles. The standard InChI is InChI=1S/C17H25NO/c1-12-4-2-3-5-14(12)11-18-17-9-6-13-10-15(19)7-8-16(13)17/h7-8,10,12,14,17-19H,2-6,9,11H2,1H3. The van der Waals surface area contributed by atoms with E-state index in [9.17, 15) is 5.11 Å². The lowest BCUT2D eigenvalue weighted by molar-refractivity contribution is 0.240. The van der Waals surface area contributed by atoms with E-state index in [4.69, 9.17) is 0 Å². The largest absolute Gasteiger partial charge is 0.508 e. The van der Waals surface area contributed by atoms with E-state index in [0.29, 0.717) is 11.8 Å². The van der Waals surface area contributed by atoms with Crippen LogP contribution in [0, 0.1) is 11.8 Å². The molecular weight excluding hydrogens is 234 g/mol. The van der Waals surface area contributed by atoms with Crippen molar-refractivity contribution in [3.63, 3.8) is 0 Å². The minimum absolute atomic E-state index is 0.403. The molecule has 3 unspecified atom stereocenters. The second-order valence-corrected chi connectivity index (χ2v) is 6.40. The lowest BCUT2D eigenvalue weighted by Crippen LogP contribution is -2.31. The lowest BCUT2D eigenvalue weighted by Gasteiger charge is -2.30. The van der Waals surface area contributed by atoms with Crippen LogP contribution < -0.4 is 5.32 Å². The van der Waals surface area contributed by atoms with Crippen molar-refractivity contribution in [3.8, 4) is 5.75 Å². The molecule has 3 atom stereocenters. The fraction of sp³-hybridized carbons (Fsp3) is 0.647. The van der Waals surface area contributed by atoms with Crippen molar-refractivity contribution in [2.24, 2.45) is 11.8 Å². The summed E-state index contributed by atoms with van der Waals surface area (Å²) in [5.74, 6) is 2.14. The smallest absolute Gasteiger partial charge is 0.115 e. The molecule has 1 saturated carbocycles. The van der Waals surface area contributed by atoms with Crippen LogP contribution in [0.4, 0.5) is 0 Å². The predicted molar refractivity (Wildman–Crippen MR) is 78.3 cm³/mol. The normalized spacial score (nSPS) is 30.3. The number of benzene rings is 1. The van der Waals surface area contributed by atoms with Gasteiger partial charge in [-0.3, -0.25) is 0 Å². The van der Waals surface area contributed by atoms with Crippen LogP contribution in [0.15, 0.2) is 18.2 Å². The molecule has 2 aliphatic carbocycles. The monoisotopic (exact) mass is 259 g/mol. The van der Waals surface area contributed by atoms with Crippen LogP contribution >= 0.6 is 0 Å². The van der Waals surface area contributed by atoms with E-state index in [1.54, 1.807) is 0 Å². The number of nitrogens with one attached hydrogen (secondary N) is 1. The minimum Gasteiger partial charge on any atom is -0.508 e. The molecule has 104 valence electrons. The summed E-state index contributed by atoms with van der Waals surface area (Å²) in [7, 11) is 0. The molecule has 0 heterocycles. The SMILES string of the molecule is CC1CCCCC1CNC1CCc2cc(O)ccc21. The summed E-state index contributed by atoms with van der Waals surface area (Å²) >= 11 is 0. The van der Waals surface area contributed by atoms with E-state index in [2.05, 4.69) is 18.3 Å². The molecular formula is C17H25NO. The van der Waals surface area contributed by atoms with Crippen molar-refractivity contribution in [1.82, 2.24) is 5.32 Å². The van der Waals surface area contributed by atoms with Gasteiger partial charge >= 0.3 is 0 Å². The van der Waals surface area contributed by atoms with Gasteiger partial charge in [0.1, 0.15) is 5.75 Å². The first-order chi connectivity index (χ1) is 9.24. The van der Waals surface area contributed by atoms with Crippen LogP contribution in [-0.2, 0) is 6.42 Å². The third-order valence-electron chi connectivity index (χ3n) is 5.12. The molecule has 2 nitrogen and oxygen atoms in total. The Morgan fingerprint density at radius 3 is 2.89 bits per heavy atom. The molecule has 1 fully saturated rings. The molecule has 2 aliphatic rings. The van der Waals surface area contributed by atoms with E-state index in [0.717, 1.165) is 24.8 Å². The Morgan fingerprint density at radius 2 is 2.05 bits per heavy atom. The highest BCUT2D eigenvalue weighted by Gasteiger charge is 2.25. The van der Waals surface area contributed by atoms with Crippen molar-refractivity contribution in [2.75, 3.05) is 6.54 Å². The number of phenols is 1. The van der Waals surface area contributed by atoms with Crippen LogP contribution in [-0.4, -0.2) is 11.7 Å². The lowest BCUT2D eigenvalue weighted by atomic mass is 9.80. The van der Waals surface area contributed by atoms with E-state index in [-0.39, 0.29) is 0 Å². The highest BCUT2D eigenvalue weighted by atomic mass is 16.3. The summed E-state index contributed by atoms with van der Waals surface area (Å²) in [6.07, 6.45) is 7.90. The summed E-state index contributed by atoms with van der Waals surface area (Å²) < 4.78 is 0. The minimum atomic E-state index is 0.403. The van der Waals surface area contributed by atoms with Gasteiger partial charge < -0.3 is 10.4 Å². The molecule has 0 saturated heterocycles. The topological polar surface area (TPSA) is 32.3 Å². The van der Waals surface area contributed by atoms with Crippen molar-refractivity contribution in [3.05, 3.63) is 29.3 Å². The number of rotatable bonds is 3. The molecule has 3 rings (SSSR count). The molecule has 0 radical (unpaired) electrons. The molecule has 19 heavy (non-hydrogen) atoms. The number of aryl methyl sites for hydroxylation is 1. The first-order valence-electron chi connectivity index (χ1n) is 7.79. The van der Waals surface area contributed by atoms with Crippen molar-refractivity contribution < 1.29 is 5.11 Å². The zero-order valence-corrected chi connectivity index (χ0v) is 11.9. The van der Waals surface area contributed by atoms with Crippen molar-refractivity contribution >= 4 is 0 Å². The number of fused-ring (bicyclic) bond motifs is 1. The Labute approximate surface area is 116 Å². The van der Waals surface area contributed by atoms with Crippen LogP contribution in [0.3, 0.4) is 0 Å². The highest BCUT2D eigenvalue weighted by Crippen LogP contribution is 2.34. The molecule has 1 aromatic rings. The van der Waals surface area contributed by atoms with E-state index < -0.39 is 0 Å². The molecule has 2 heteroatoms. The number of hydrogen-bond acceptors (Lipinski definition) is 2. The van der Waals surface area contributed by atoms with Gasteiger partial charge in [0.2, 0.25) is 0 Å². The fourth-order valence-electron chi connectivity index (χ4n) is 3.81. The van der Waals surface area contributed by atoms with Gasteiger partial charge in [-0.05, 0) is 60.9 Å². The molecule has 2 N–H and O–H groups in total. The Hall–Kier alpha value is -1.02. The first kappa shape index (κ1) is 13.0. The second kappa shape index (κ2) is 5.54. The fourth-order valence-corrected chi connectivity index (χ4v) is 3.81. The van der Waals surface area contributed by atoms with Crippen LogP contribution in [0.2, 0.25) is 0 Å². The highest BCUT2D eigenvalue weighted by molar-refractivity contribution is 5.40. The van der Waals surface area contributed by atoms with Gasteiger partial charge in [-0.1, -0.05) is 32.3 Å². The average Bonchev–Trinajstić information content (AvgIpc) is 2.80. The number of hydrogen-bond donors (Lipinski definition) is 2. The van der Waals surface area contributed by atoms with Gasteiger partial charge in [0.25, 0.3) is 0 Å². The molecule has 0 spiro atoms. The predicted octanol–water partition coefficient (Wildman–Crippen LogP) is 3.80. The second-order valence-electron chi connectivity index (χ2n) is 6.40. The number of phenolic OH excluding ortho intramolecular Hbond substituents is 1. The molecule has 0 bridgehead atoms. The Kier molecular flexibility index (Phi) is 3.79. The third kappa shape index (κ3) is 2.79. The van der Waals surface area contributed by atoms with Gasteiger partial charge in [0.05, 0.1) is 0 Å². The number of aromatic hydroxyl groups is 1. The van der Waals surface area contributed by atoms with E-state index in [1.165, 1.54) is 43.2 Å². The van der Waals surface area contributed by atoms with Gasteiger partial charge in [-0.25, -0.2) is 0 Å². The van der Waals surface area contributed by atoms with Crippen LogP contribution in [0.25, 0.3) is 0 Å². The summed E-state index contributed by atoms with van der Waals surface area (Å²) in [4.78, 5) is 0. The summed E-state index contributed by atoms with van der Waals surface area (Å²) in [6.45, 7) is 3.57. The Bertz CT molecular complexity index is 443. The van der Waals surface area contributed by atoms with Crippen LogP contribution in [0.5, 0.6) is 5.75 Å². The zero-order chi connectivity index (χ0) is 13.2. The maximum Gasteiger partial charge on any atom is 0.115 e. The third-order valence-corrected chi connectivity index (χ3v) is 5.12. The van der Waals surface area contributed by atoms with Gasteiger partial charge in [-0.15, -0.1) is 0 Å². The zero-order valence-electron chi connectivity index (χ0n) is 11.9. The summed E-state index contributed by atoms with van der Waals surface area (Å²) in [5.41, 5.74) is 2.73. The molecule has 0 amide bonds. The van der Waals surface area contributed by atoms with E-state index >= 15 is 0 Å². The molecule has 0 aromatic heterocycles.